The van der Waals surface area contributed by atoms with Gasteiger partial charge in [0.1, 0.15) is 0 Å². The van der Waals surface area contributed by atoms with Crippen LogP contribution in [0.1, 0.15) is 44.7 Å². The average molecular weight is 511 g/mol. The molecule has 1 aliphatic rings. The molecule has 1 fully saturated rings. The molecule has 0 saturated carbocycles. The summed E-state index contributed by atoms with van der Waals surface area (Å²) in [4.78, 5) is 10.5. The Kier molecular flexibility index (Phi) is 9.75. The second-order valence-electron chi connectivity index (χ2n) is 8.37. The molecule has 0 radical (unpaired) electrons. The van der Waals surface area contributed by atoms with E-state index in [4.69, 9.17) is 0 Å². The lowest BCUT2D eigenvalue weighted by Crippen LogP contribution is -2.49. The maximum Gasteiger partial charge on any atom is 0.191 e. The normalized spacial score (nSPS) is 16.2. The van der Waals surface area contributed by atoms with Gasteiger partial charge in [-0.3, -0.25) is 4.99 Å². The van der Waals surface area contributed by atoms with Gasteiger partial charge in [-0.1, -0.05) is 39.0 Å². The minimum Gasteiger partial charge on any atom is -0.361 e. The number of aromatic nitrogens is 1. The van der Waals surface area contributed by atoms with Crippen molar-refractivity contribution in [2.75, 3.05) is 33.2 Å². The van der Waals surface area contributed by atoms with Crippen LogP contribution in [0.25, 0.3) is 10.9 Å². The van der Waals surface area contributed by atoms with Crippen LogP contribution in [0.15, 0.2) is 29.4 Å². The number of aryl methyl sites for hydroxylation is 1. The number of aromatic amines is 1. The number of nitrogens with one attached hydrogen (secondary N) is 3. The average Bonchev–Trinajstić information content (AvgIpc) is 3.11. The molecule has 0 atom stereocenters. The molecule has 3 rings (SSSR count). The molecule has 2 heterocycles. The number of para-hydroxylation sites is 1. The third kappa shape index (κ3) is 6.60. The minimum absolute atomic E-state index is 0. The van der Waals surface area contributed by atoms with Crippen LogP contribution in [-0.2, 0) is 12.8 Å². The third-order valence-corrected chi connectivity index (χ3v) is 5.73. The lowest BCUT2D eigenvalue weighted by atomic mass is 10.0. The number of aliphatic imine (C=N–C) groups is 1. The first kappa shape index (κ1) is 24.0. The van der Waals surface area contributed by atoms with E-state index in [-0.39, 0.29) is 24.0 Å². The Balaban J connectivity index is 0.00000300. The number of nitrogens with zero attached hydrogens (tertiary/aromatic N) is 2. The lowest BCUT2D eigenvalue weighted by Gasteiger charge is -2.34. The first-order chi connectivity index (χ1) is 13.6. The van der Waals surface area contributed by atoms with Gasteiger partial charge in [-0.25, -0.2) is 0 Å². The Bertz CT molecular complexity index is 775. The molecule has 0 spiro atoms. The molecule has 5 nitrogen and oxygen atoms in total. The van der Waals surface area contributed by atoms with Crippen LogP contribution in [0, 0.1) is 5.92 Å². The number of likely N-dealkylation sites (tertiary alicyclic amines) is 1. The highest BCUT2D eigenvalue weighted by atomic mass is 127. The number of guanidine groups is 1. The Hall–Kier alpha value is -1.28. The maximum atomic E-state index is 4.43. The molecule has 6 heteroatoms. The van der Waals surface area contributed by atoms with E-state index in [1.165, 1.54) is 54.5 Å². The Morgan fingerprint density at radius 1 is 1.24 bits per heavy atom. The van der Waals surface area contributed by atoms with Gasteiger partial charge >= 0.3 is 0 Å². The fourth-order valence-corrected chi connectivity index (χ4v) is 4.26. The highest BCUT2D eigenvalue weighted by Crippen LogP contribution is 2.22. The van der Waals surface area contributed by atoms with E-state index >= 15 is 0 Å². The summed E-state index contributed by atoms with van der Waals surface area (Å²) >= 11 is 0. The van der Waals surface area contributed by atoms with Gasteiger partial charge < -0.3 is 20.5 Å². The molecule has 0 bridgehead atoms. The van der Waals surface area contributed by atoms with Crippen LogP contribution in [0.4, 0.5) is 0 Å². The largest absolute Gasteiger partial charge is 0.361 e. The monoisotopic (exact) mass is 511 g/mol. The molecule has 2 aromatic rings. The van der Waals surface area contributed by atoms with Crippen LogP contribution in [0.3, 0.4) is 0 Å². The summed E-state index contributed by atoms with van der Waals surface area (Å²) in [6.07, 6.45) is 6.58. The van der Waals surface area contributed by atoms with Crippen LogP contribution >= 0.6 is 24.0 Å². The molecule has 0 amide bonds. The van der Waals surface area contributed by atoms with E-state index in [1.54, 1.807) is 0 Å². The summed E-state index contributed by atoms with van der Waals surface area (Å²) in [5, 5.41) is 8.47. The summed E-state index contributed by atoms with van der Waals surface area (Å²) in [7, 11) is 1.86. The summed E-state index contributed by atoms with van der Waals surface area (Å²) in [5.74, 6) is 1.67. The fraction of sp³-hybridized carbons (Fsp3) is 0.609. The second kappa shape index (κ2) is 11.8. The van der Waals surface area contributed by atoms with Crippen molar-refractivity contribution in [3.63, 3.8) is 0 Å². The second-order valence-corrected chi connectivity index (χ2v) is 8.37. The Morgan fingerprint density at radius 3 is 2.66 bits per heavy atom. The number of rotatable bonds is 7. The number of hydrogen-bond acceptors (Lipinski definition) is 2. The third-order valence-electron chi connectivity index (χ3n) is 5.73. The van der Waals surface area contributed by atoms with Crippen molar-refractivity contribution < 1.29 is 0 Å². The zero-order valence-corrected chi connectivity index (χ0v) is 20.8. The van der Waals surface area contributed by atoms with Crippen LogP contribution in [-0.4, -0.2) is 55.1 Å². The molecule has 162 valence electrons. The van der Waals surface area contributed by atoms with Gasteiger partial charge in [0.15, 0.2) is 5.96 Å². The van der Waals surface area contributed by atoms with Crippen molar-refractivity contribution in [3.05, 3.63) is 35.5 Å². The predicted molar refractivity (Wildman–Crippen MR) is 136 cm³/mol. The molecule has 29 heavy (non-hydrogen) atoms. The van der Waals surface area contributed by atoms with Crippen LogP contribution < -0.4 is 10.6 Å². The molecule has 3 N–H and O–H groups in total. The maximum absolute atomic E-state index is 4.43. The van der Waals surface area contributed by atoms with Gasteiger partial charge in [-0.15, -0.1) is 24.0 Å². The number of hydrogen-bond donors (Lipinski definition) is 3. The molecule has 1 aromatic carbocycles. The van der Waals surface area contributed by atoms with Crippen molar-refractivity contribution in [2.24, 2.45) is 10.9 Å². The van der Waals surface area contributed by atoms with E-state index in [1.807, 2.05) is 7.05 Å². The summed E-state index contributed by atoms with van der Waals surface area (Å²) in [5.41, 5.74) is 4.05. The molecule has 1 saturated heterocycles. The fourth-order valence-electron chi connectivity index (χ4n) is 4.26. The van der Waals surface area contributed by atoms with Gasteiger partial charge in [-0.2, -0.15) is 0 Å². The summed E-state index contributed by atoms with van der Waals surface area (Å²) < 4.78 is 0. The number of halogens is 1. The van der Waals surface area contributed by atoms with E-state index in [0.717, 1.165) is 31.3 Å². The van der Waals surface area contributed by atoms with Crippen molar-refractivity contribution in [1.82, 2.24) is 20.5 Å². The number of benzene rings is 1. The van der Waals surface area contributed by atoms with E-state index < -0.39 is 0 Å². The van der Waals surface area contributed by atoms with E-state index in [9.17, 15) is 0 Å². The highest BCUT2D eigenvalue weighted by molar-refractivity contribution is 14.0. The van der Waals surface area contributed by atoms with Crippen LogP contribution in [0.5, 0.6) is 0 Å². The SMILES string of the molecule is CCc1cccc2c(CCNC(=NC)NC3CCN(CC(C)C)CC3)c[nH]c12.I. The Morgan fingerprint density at radius 2 is 2.00 bits per heavy atom. The highest BCUT2D eigenvalue weighted by Gasteiger charge is 2.20. The number of fused-ring (bicyclic) bond motifs is 1. The molecule has 1 aliphatic heterocycles. The van der Waals surface area contributed by atoms with Crippen molar-refractivity contribution in [1.29, 1.82) is 0 Å². The first-order valence-corrected chi connectivity index (χ1v) is 10.9. The van der Waals surface area contributed by atoms with Gasteiger partial charge in [0.25, 0.3) is 0 Å². The van der Waals surface area contributed by atoms with Gasteiger partial charge in [0.05, 0.1) is 0 Å². The van der Waals surface area contributed by atoms with E-state index in [0.29, 0.717) is 6.04 Å². The van der Waals surface area contributed by atoms with E-state index in [2.05, 4.69) is 70.7 Å². The van der Waals surface area contributed by atoms with Crippen molar-refractivity contribution in [2.45, 2.75) is 52.5 Å². The molecule has 1 aromatic heterocycles. The predicted octanol–water partition coefficient (Wildman–Crippen LogP) is 4.18. The minimum atomic E-state index is 0. The zero-order valence-electron chi connectivity index (χ0n) is 18.4. The first-order valence-electron chi connectivity index (χ1n) is 10.9. The van der Waals surface area contributed by atoms with Gasteiger partial charge in [-0.05, 0) is 42.7 Å². The molecule has 0 unspecified atom stereocenters. The topological polar surface area (TPSA) is 55.5 Å². The number of H-pyrrole nitrogens is 1. The number of piperidine rings is 1. The smallest absolute Gasteiger partial charge is 0.191 e. The van der Waals surface area contributed by atoms with Crippen molar-refractivity contribution >= 4 is 40.8 Å². The quantitative estimate of drug-likeness (QED) is 0.297. The molecular weight excluding hydrogens is 473 g/mol. The van der Waals surface area contributed by atoms with Crippen LogP contribution in [0.2, 0.25) is 0 Å². The summed E-state index contributed by atoms with van der Waals surface area (Å²) in [6, 6.07) is 7.12. The molecule has 0 aliphatic carbocycles. The zero-order chi connectivity index (χ0) is 19.9. The van der Waals surface area contributed by atoms with Gasteiger partial charge in [0.2, 0.25) is 0 Å². The Labute approximate surface area is 193 Å². The summed E-state index contributed by atoms with van der Waals surface area (Å²) in [6.45, 7) is 11.3. The molecular formula is C23H38IN5. The lowest BCUT2D eigenvalue weighted by molar-refractivity contribution is 0.187. The van der Waals surface area contributed by atoms with Crippen molar-refractivity contribution in [3.8, 4) is 0 Å². The van der Waals surface area contributed by atoms with Gasteiger partial charge in [0, 0.05) is 56.4 Å². The standard InChI is InChI=1S/C23H37N5.HI/c1-5-18-7-6-8-21-19(15-26-22(18)21)9-12-25-23(24-4)27-20-10-13-28(14-11-20)16-17(2)3;/h6-8,15,17,20,26H,5,9-14,16H2,1-4H3,(H2,24,25,27);1H.